The van der Waals surface area contributed by atoms with E-state index >= 15 is 0 Å². The number of hydrogen-bond donors (Lipinski definition) is 1. The molecule has 3 heterocycles. The molecule has 0 bridgehead atoms. The number of ether oxygens (including phenoxy) is 1. The van der Waals surface area contributed by atoms with Crippen LogP contribution in [0.5, 0.6) is 0 Å². The predicted molar refractivity (Wildman–Crippen MR) is 90.2 cm³/mol. The van der Waals surface area contributed by atoms with E-state index in [1.165, 1.54) is 6.07 Å². The Morgan fingerprint density at radius 1 is 1.38 bits per heavy atom. The predicted octanol–water partition coefficient (Wildman–Crippen LogP) is 1.29. The Balaban J connectivity index is 1.72. The topological polar surface area (TPSA) is 111 Å². The van der Waals surface area contributed by atoms with Crippen LogP contribution in [0.1, 0.15) is 45.2 Å². The molecule has 1 amide bonds. The van der Waals surface area contributed by atoms with Crippen LogP contribution in [0, 0.1) is 13.8 Å². The number of nitrogens with zero attached hydrogens (tertiary/aromatic N) is 4. The van der Waals surface area contributed by atoms with Gasteiger partial charge in [0.2, 0.25) is 0 Å². The SMILES string of the molecule is CCc1oc(C(=O)N2CCOC(Cn3nc(C)nc3C)C2)cc1C(=O)O. The Labute approximate surface area is 150 Å². The minimum Gasteiger partial charge on any atom is -0.478 e. The third-order valence-corrected chi connectivity index (χ3v) is 4.34. The van der Waals surface area contributed by atoms with E-state index in [4.69, 9.17) is 9.15 Å². The van der Waals surface area contributed by atoms with E-state index in [0.717, 1.165) is 5.82 Å². The van der Waals surface area contributed by atoms with Crippen LogP contribution in [0.2, 0.25) is 0 Å². The van der Waals surface area contributed by atoms with E-state index in [1.54, 1.807) is 16.5 Å². The molecule has 9 nitrogen and oxygen atoms in total. The van der Waals surface area contributed by atoms with Gasteiger partial charge in [0.05, 0.1) is 19.3 Å². The Bertz CT molecular complexity index is 825. The first-order chi connectivity index (χ1) is 12.4. The van der Waals surface area contributed by atoms with Crippen LogP contribution in [0.3, 0.4) is 0 Å². The second kappa shape index (κ2) is 7.28. The largest absolute Gasteiger partial charge is 0.478 e. The summed E-state index contributed by atoms with van der Waals surface area (Å²) in [7, 11) is 0. The number of aryl methyl sites for hydroxylation is 3. The lowest BCUT2D eigenvalue weighted by Gasteiger charge is -2.32. The number of rotatable bonds is 5. The normalized spacial score (nSPS) is 17.5. The number of furan rings is 1. The van der Waals surface area contributed by atoms with E-state index in [1.807, 2.05) is 13.8 Å². The molecule has 1 N–H and O–H groups in total. The van der Waals surface area contributed by atoms with E-state index < -0.39 is 5.97 Å². The smallest absolute Gasteiger partial charge is 0.339 e. The Morgan fingerprint density at radius 2 is 2.15 bits per heavy atom. The lowest BCUT2D eigenvalue weighted by Crippen LogP contribution is -2.47. The van der Waals surface area contributed by atoms with Crippen LogP contribution in [0.4, 0.5) is 0 Å². The molecule has 0 aliphatic carbocycles. The number of morpholine rings is 1. The van der Waals surface area contributed by atoms with Crippen molar-refractivity contribution >= 4 is 11.9 Å². The molecule has 0 radical (unpaired) electrons. The van der Waals surface area contributed by atoms with Gasteiger partial charge in [-0.1, -0.05) is 6.92 Å². The van der Waals surface area contributed by atoms with Gasteiger partial charge in [-0.25, -0.2) is 14.5 Å². The van der Waals surface area contributed by atoms with Gasteiger partial charge in [-0.05, 0) is 13.8 Å². The van der Waals surface area contributed by atoms with Gasteiger partial charge in [0.15, 0.2) is 5.76 Å². The summed E-state index contributed by atoms with van der Waals surface area (Å²) in [5.41, 5.74) is 0.0365. The molecule has 26 heavy (non-hydrogen) atoms. The minimum absolute atomic E-state index is 0.0365. The maximum absolute atomic E-state index is 12.7. The molecule has 1 aliphatic rings. The maximum Gasteiger partial charge on any atom is 0.339 e. The summed E-state index contributed by atoms with van der Waals surface area (Å²) >= 11 is 0. The number of aromatic carboxylic acids is 1. The fraction of sp³-hybridized carbons (Fsp3) is 0.529. The van der Waals surface area contributed by atoms with Crippen molar-refractivity contribution in [3.8, 4) is 0 Å². The highest BCUT2D eigenvalue weighted by Gasteiger charge is 2.29. The Morgan fingerprint density at radius 3 is 2.73 bits per heavy atom. The number of carbonyl (C=O) groups excluding carboxylic acids is 1. The third kappa shape index (κ3) is 3.62. The number of carboxylic acid groups (broad SMARTS) is 1. The van der Waals surface area contributed by atoms with Gasteiger partial charge in [-0.15, -0.1) is 0 Å². The monoisotopic (exact) mass is 362 g/mol. The average Bonchev–Trinajstić information content (AvgIpc) is 3.18. The van der Waals surface area contributed by atoms with Crippen molar-refractivity contribution < 1.29 is 23.8 Å². The minimum atomic E-state index is -1.10. The molecule has 1 saturated heterocycles. The number of aromatic nitrogens is 3. The zero-order chi connectivity index (χ0) is 18.8. The third-order valence-electron chi connectivity index (χ3n) is 4.34. The van der Waals surface area contributed by atoms with Crippen molar-refractivity contribution in [1.82, 2.24) is 19.7 Å². The van der Waals surface area contributed by atoms with Crippen molar-refractivity contribution in [2.45, 2.75) is 39.8 Å². The van der Waals surface area contributed by atoms with Crippen LogP contribution in [0.15, 0.2) is 10.5 Å². The summed E-state index contributed by atoms with van der Waals surface area (Å²) < 4.78 is 13.0. The highest BCUT2D eigenvalue weighted by Crippen LogP contribution is 2.19. The number of carboxylic acids is 1. The molecule has 0 spiro atoms. The summed E-state index contributed by atoms with van der Waals surface area (Å²) in [4.78, 5) is 29.9. The highest BCUT2D eigenvalue weighted by molar-refractivity contribution is 5.96. The van der Waals surface area contributed by atoms with E-state index in [0.29, 0.717) is 44.2 Å². The fourth-order valence-electron chi connectivity index (χ4n) is 3.07. The zero-order valence-electron chi connectivity index (χ0n) is 15.1. The van der Waals surface area contributed by atoms with Crippen LogP contribution in [-0.4, -0.2) is 62.4 Å². The van der Waals surface area contributed by atoms with Crippen molar-refractivity contribution in [3.05, 3.63) is 34.8 Å². The van der Waals surface area contributed by atoms with Crippen LogP contribution >= 0.6 is 0 Å². The molecule has 1 aliphatic heterocycles. The maximum atomic E-state index is 12.7. The second-order valence-corrected chi connectivity index (χ2v) is 6.24. The zero-order valence-corrected chi connectivity index (χ0v) is 15.1. The van der Waals surface area contributed by atoms with Crippen molar-refractivity contribution in [2.75, 3.05) is 19.7 Å². The van der Waals surface area contributed by atoms with Crippen LogP contribution < -0.4 is 0 Å². The van der Waals surface area contributed by atoms with Crippen LogP contribution in [-0.2, 0) is 17.7 Å². The molecule has 1 atom stereocenters. The molecule has 2 aromatic rings. The molecule has 1 unspecified atom stereocenters. The number of amides is 1. The van der Waals surface area contributed by atoms with E-state index in [-0.39, 0.29) is 23.3 Å². The van der Waals surface area contributed by atoms with Crippen LogP contribution in [0.25, 0.3) is 0 Å². The van der Waals surface area contributed by atoms with Crippen molar-refractivity contribution in [1.29, 1.82) is 0 Å². The van der Waals surface area contributed by atoms with Gasteiger partial charge in [-0.3, -0.25) is 4.79 Å². The van der Waals surface area contributed by atoms with Gasteiger partial charge in [0.1, 0.15) is 23.0 Å². The van der Waals surface area contributed by atoms with E-state index in [2.05, 4.69) is 10.1 Å². The molecular formula is C17H22N4O5. The van der Waals surface area contributed by atoms with Crippen molar-refractivity contribution in [2.24, 2.45) is 0 Å². The fourth-order valence-corrected chi connectivity index (χ4v) is 3.07. The summed E-state index contributed by atoms with van der Waals surface area (Å²) in [6, 6.07) is 1.30. The average molecular weight is 362 g/mol. The summed E-state index contributed by atoms with van der Waals surface area (Å²) in [6.45, 7) is 7.17. The molecule has 0 saturated carbocycles. The lowest BCUT2D eigenvalue weighted by molar-refractivity contribution is -0.0311. The first kappa shape index (κ1) is 18.1. The van der Waals surface area contributed by atoms with Gasteiger partial charge in [0, 0.05) is 25.6 Å². The lowest BCUT2D eigenvalue weighted by atomic mass is 10.2. The quantitative estimate of drug-likeness (QED) is 0.853. The number of carbonyl (C=O) groups is 2. The van der Waals surface area contributed by atoms with Gasteiger partial charge in [0.25, 0.3) is 5.91 Å². The Hall–Kier alpha value is -2.68. The summed E-state index contributed by atoms with van der Waals surface area (Å²) in [5, 5.41) is 13.5. The molecule has 0 aromatic carbocycles. The molecule has 140 valence electrons. The molecule has 2 aromatic heterocycles. The van der Waals surface area contributed by atoms with Gasteiger partial charge >= 0.3 is 5.97 Å². The first-order valence-corrected chi connectivity index (χ1v) is 8.54. The molecular weight excluding hydrogens is 340 g/mol. The number of hydrogen-bond acceptors (Lipinski definition) is 6. The molecule has 9 heteroatoms. The van der Waals surface area contributed by atoms with Gasteiger partial charge < -0.3 is 19.2 Å². The van der Waals surface area contributed by atoms with E-state index in [9.17, 15) is 14.7 Å². The summed E-state index contributed by atoms with van der Waals surface area (Å²) in [5.74, 6) is 0.412. The standard InChI is InChI=1S/C17H22N4O5/c1-4-14-13(17(23)24)7-15(26-14)16(22)20-5-6-25-12(8-20)9-21-11(3)18-10(2)19-21/h7,12H,4-6,8-9H2,1-3H3,(H,23,24). The Kier molecular flexibility index (Phi) is 5.08. The first-order valence-electron chi connectivity index (χ1n) is 8.54. The second-order valence-electron chi connectivity index (χ2n) is 6.24. The summed E-state index contributed by atoms with van der Waals surface area (Å²) in [6.07, 6.45) is 0.193. The van der Waals surface area contributed by atoms with Gasteiger partial charge in [-0.2, -0.15) is 5.10 Å². The molecule has 1 fully saturated rings. The highest BCUT2D eigenvalue weighted by atomic mass is 16.5. The molecule has 3 rings (SSSR count). The van der Waals surface area contributed by atoms with Crippen molar-refractivity contribution in [3.63, 3.8) is 0 Å².